The van der Waals surface area contributed by atoms with Crippen LogP contribution >= 0.6 is 12.4 Å². The Balaban J connectivity index is 0.00000256. The van der Waals surface area contributed by atoms with Crippen LogP contribution in [0.15, 0.2) is 0 Å². The molecule has 1 fully saturated rings. The van der Waals surface area contributed by atoms with Gasteiger partial charge >= 0.3 is 12.3 Å². The van der Waals surface area contributed by atoms with Crippen LogP contribution in [0.5, 0.6) is 0 Å². The lowest BCUT2D eigenvalue weighted by Gasteiger charge is -2.26. The molecule has 0 saturated carbocycles. The molecule has 2 N–H and O–H groups in total. The number of hydrogen-bond donors (Lipinski definition) is 1. The van der Waals surface area contributed by atoms with Gasteiger partial charge in [-0.2, -0.15) is 8.78 Å². The normalized spacial score (nSPS) is 25.0. The highest BCUT2D eigenvalue weighted by Crippen LogP contribution is 2.30. The SMILES string of the molecule is CC1CC(CN)CN1C(=O)C(F)(F)C(F)F.Cl. The second-order valence-corrected chi connectivity index (χ2v) is 4.07. The van der Waals surface area contributed by atoms with Crippen LogP contribution in [0, 0.1) is 5.92 Å². The molecule has 1 rings (SSSR count). The monoisotopic (exact) mass is 278 g/mol. The molecule has 102 valence electrons. The lowest BCUT2D eigenvalue weighted by Crippen LogP contribution is -2.49. The molecule has 2 unspecified atom stereocenters. The molecule has 0 radical (unpaired) electrons. The molecule has 3 nitrogen and oxygen atoms in total. The van der Waals surface area contributed by atoms with Gasteiger partial charge < -0.3 is 10.6 Å². The molecule has 0 bridgehead atoms. The Morgan fingerprint density at radius 1 is 1.53 bits per heavy atom. The number of amides is 1. The number of likely N-dealkylation sites (tertiary alicyclic amines) is 1. The number of carbonyl (C=O) groups excluding carboxylic acids is 1. The summed E-state index contributed by atoms with van der Waals surface area (Å²) in [5, 5.41) is 0. The Morgan fingerprint density at radius 3 is 2.41 bits per heavy atom. The highest BCUT2D eigenvalue weighted by molar-refractivity contribution is 5.85. The number of nitrogens with two attached hydrogens (primary N) is 1. The van der Waals surface area contributed by atoms with E-state index < -0.39 is 24.3 Å². The van der Waals surface area contributed by atoms with Crippen molar-refractivity contribution in [3.05, 3.63) is 0 Å². The number of carbonyl (C=O) groups is 1. The fraction of sp³-hybridized carbons (Fsp3) is 0.889. The van der Waals surface area contributed by atoms with Gasteiger partial charge in [-0.1, -0.05) is 0 Å². The predicted molar refractivity (Wildman–Crippen MR) is 56.5 cm³/mol. The maximum Gasteiger partial charge on any atom is 0.383 e. The summed E-state index contributed by atoms with van der Waals surface area (Å²) in [5.41, 5.74) is 5.35. The average molecular weight is 279 g/mol. The molecule has 0 aromatic heterocycles. The van der Waals surface area contributed by atoms with Gasteiger partial charge in [0, 0.05) is 12.6 Å². The van der Waals surface area contributed by atoms with Crippen molar-refractivity contribution in [2.24, 2.45) is 11.7 Å². The second kappa shape index (κ2) is 5.86. The van der Waals surface area contributed by atoms with Crippen LogP contribution in [0.4, 0.5) is 17.6 Å². The zero-order chi connectivity index (χ0) is 12.5. The van der Waals surface area contributed by atoms with Gasteiger partial charge in [0.15, 0.2) is 0 Å². The van der Waals surface area contributed by atoms with E-state index >= 15 is 0 Å². The number of nitrogens with zero attached hydrogens (tertiary/aromatic N) is 1. The Labute approximate surface area is 103 Å². The van der Waals surface area contributed by atoms with E-state index in [1.54, 1.807) is 6.92 Å². The summed E-state index contributed by atoms with van der Waals surface area (Å²) in [6.45, 7) is 1.84. The first-order chi connectivity index (χ1) is 7.30. The molecule has 1 aliphatic heterocycles. The molecular weight excluding hydrogens is 264 g/mol. The van der Waals surface area contributed by atoms with Gasteiger partial charge in [0.25, 0.3) is 5.91 Å². The molecule has 0 spiro atoms. The zero-order valence-corrected chi connectivity index (χ0v) is 10.0. The van der Waals surface area contributed by atoms with Crippen LogP contribution in [0.1, 0.15) is 13.3 Å². The number of rotatable bonds is 3. The number of alkyl halides is 4. The van der Waals surface area contributed by atoms with Crippen LogP contribution in [0.3, 0.4) is 0 Å². The second-order valence-electron chi connectivity index (χ2n) is 4.07. The van der Waals surface area contributed by atoms with Gasteiger partial charge in [0.05, 0.1) is 0 Å². The van der Waals surface area contributed by atoms with E-state index in [4.69, 9.17) is 5.73 Å². The van der Waals surface area contributed by atoms with Crippen molar-refractivity contribution in [1.82, 2.24) is 4.90 Å². The summed E-state index contributed by atoms with van der Waals surface area (Å²) in [7, 11) is 0. The summed E-state index contributed by atoms with van der Waals surface area (Å²) in [5.74, 6) is -6.49. The van der Waals surface area contributed by atoms with E-state index in [0.717, 1.165) is 4.90 Å². The maximum absolute atomic E-state index is 12.8. The lowest BCUT2D eigenvalue weighted by atomic mass is 10.1. The highest BCUT2D eigenvalue weighted by Gasteiger charge is 2.53. The summed E-state index contributed by atoms with van der Waals surface area (Å²) in [6.07, 6.45) is -3.49. The first-order valence-corrected chi connectivity index (χ1v) is 4.97. The zero-order valence-electron chi connectivity index (χ0n) is 9.21. The minimum absolute atomic E-state index is 0. The van der Waals surface area contributed by atoms with Gasteiger partial charge in [-0.05, 0) is 25.8 Å². The molecule has 0 aliphatic carbocycles. The van der Waals surface area contributed by atoms with Crippen molar-refractivity contribution in [3.63, 3.8) is 0 Å². The van der Waals surface area contributed by atoms with Crippen LogP contribution in [0.25, 0.3) is 0 Å². The maximum atomic E-state index is 12.8. The van der Waals surface area contributed by atoms with E-state index in [2.05, 4.69) is 0 Å². The van der Waals surface area contributed by atoms with Crippen molar-refractivity contribution in [1.29, 1.82) is 0 Å². The van der Waals surface area contributed by atoms with Crippen LogP contribution in [0.2, 0.25) is 0 Å². The van der Waals surface area contributed by atoms with E-state index in [0.29, 0.717) is 6.42 Å². The first-order valence-electron chi connectivity index (χ1n) is 4.97. The van der Waals surface area contributed by atoms with Crippen molar-refractivity contribution in [3.8, 4) is 0 Å². The standard InChI is InChI=1S/C9H14F4N2O.ClH/c1-5-2-6(3-14)4-15(5)8(16)9(12,13)7(10)11;/h5-7H,2-4,14H2,1H3;1H. The minimum atomic E-state index is -4.60. The molecule has 1 saturated heterocycles. The fourth-order valence-corrected chi connectivity index (χ4v) is 1.88. The largest absolute Gasteiger partial charge is 0.383 e. The summed E-state index contributed by atoms with van der Waals surface area (Å²) in [6, 6.07) is -0.467. The van der Waals surface area contributed by atoms with E-state index in [-0.39, 0.29) is 31.4 Å². The van der Waals surface area contributed by atoms with Crippen molar-refractivity contribution >= 4 is 18.3 Å². The average Bonchev–Trinajstić information content (AvgIpc) is 2.58. The molecular formula is C9H15ClF4N2O. The summed E-state index contributed by atoms with van der Waals surface area (Å²) in [4.78, 5) is 12.0. The minimum Gasteiger partial charge on any atom is -0.334 e. The molecule has 1 aliphatic rings. The Morgan fingerprint density at radius 2 is 2.06 bits per heavy atom. The van der Waals surface area contributed by atoms with Gasteiger partial charge in [0.2, 0.25) is 0 Å². The summed E-state index contributed by atoms with van der Waals surface area (Å²) >= 11 is 0. The molecule has 1 heterocycles. The fourth-order valence-electron chi connectivity index (χ4n) is 1.88. The molecule has 1 amide bonds. The van der Waals surface area contributed by atoms with Gasteiger partial charge in [0.1, 0.15) is 0 Å². The third-order valence-corrected chi connectivity index (χ3v) is 2.81. The molecule has 2 atom stereocenters. The van der Waals surface area contributed by atoms with Crippen LogP contribution in [-0.4, -0.2) is 42.3 Å². The molecule has 0 aromatic carbocycles. The van der Waals surface area contributed by atoms with Crippen LogP contribution in [-0.2, 0) is 4.79 Å². The predicted octanol–water partition coefficient (Wildman–Crippen LogP) is 1.50. The van der Waals surface area contributed by atoms with Gasteiger partial charge in [-0.25, -0.2) is 8.78 Å². The van der Waals surface area contributed by atoms with Crippen molar-refractivity contribution < 1.29 is 22.4 Å². The Hall–Kier alpha value is -0.560. The Bertz CT molecular complexity index is 278. The van der Waals surface area contributed by atoms with Crippen molar-refractivity contribution in [2.45, 2.75) is 31.7 Å². The van der Waals surface area contributed by atoms with Gasteiger partial charge in [-0.15, -0.1) is 12.4 Å². The van der Waals surface area contributed by atoms with Crippen molar-refractivity contribution in [2.75, 3.05) is 13.1 Å². The Kier molecular flexibility index (Phi) is 5.67. The van der Waals surface area contributed by atoms with E-state index in [9.17, 15) is 22.4 Å². The number of hydrogen-bond acceptors (Lipinski definition) is 2. The number of halogens is 5. The molecule has 8 heteroatoms. The smallest absolute Gasteiger partial charge is 0.334 e. The van der Waals surface area contributed by atoms with Gasteiger partial charge in [-0.3, -0.25) is 4.79 Å². The highest BCUT2D eigenvalue weighted by atomic mass is 35.5. The molecule has 17 heavy (non-hydrogen) atoms. The third kappa shape index (κ3) is 3.22. The van der Waals surface area contributed by atoms with Crippen LogP contribution < -0.4 is 5.73 Å². The van der Waals surface area contributed by atoms with E-state index in [1.807, 2.05) is 0 Å². The first kappa shape index (κ1) is 16.4. The van der Waals surface area contributed by atoms with E-state index in [1.165, 1.54) is 0 Å². The summed E-state index contributed by atoms with van der Waals surface area (Å²) < 4.78 is 49.6. The topological polar surface area (TPSA) is 46.3 Å². The quantitative estimate of drug-likeness (QED) is 0.796. The third-order valence-electron chi connectivity index (χ3n) is 2.81. The lowest BCUT2D eigenvalue weighted by molar-refractivity contribution is -0.181. The molecule has 0 aromatic rings.